The Morgan fingerprint density at radius 2 is 2.22 bits per heavy atom. The second-order valence-corrected chi connectivity index (χ2v) is 5.62. The van der Waals surface area contributed by atoms with Crippen LogP contribution in [0.3, 0.4) is 0 Å². The van der Waals surface area contributed by atoms with Gasteiger partial charge in [0.2, 0.25) is 0 Å². The van der Waals surface area contributed by atoms with Gasteiger partial charge in [-0.15, -0.1) is 0 Å². The topological polar surface area (TPSA) is 43.8 Å². The van der Waals surface area contributed by atoms with Crippen LogP contribution in [0.25, 0.3) is 0 Å². The van der Waals surface area contributed by atoms with Gasteiger partial charge in [-0.3, -0.25) is 4.68 Å². The molecule has 18 heavy (non-hydrogen) atoms. The van der Waals surface area contributed by atoms with Gasteiger partial charge in [0.15, 0.2) is 0 Å². The Hall–Kier alpha value is -1.13. The highest BCUT2D eigenvalue weighted by Gasteiger charge is 2.09. The van der Waals surface area contributed by atoms with Crippen molar-refractivity contribution in [1.82, 2.24) is 9.78 Å². The van der Waals surface area contributed by atoms with Gasteiger partial charge in [0, 0.05) is 24.7 Å². The minimum atomic E-state index is 0.153. The molecule has 0 aromatic carbocycles. The summed E-state index contributed by atoms with van der Waals surface area (Å²) in [4.78, 5) is 0. The average Bonchev–Trinajstić information content (AvgIpc) is 2.99. The molecule has 0 aliphatic carbocycles. The molecule has 0 bridgehead atoms. The molecule has 0 radical (unpaired) electrons. The Balaban J connectivity index is 1.90. The first-order valence-electron chi connectivity index (χ1n) is 6.49. The van der Waals surface area contributed by atoms with Crippen LogP contribution < -0.4 is 5.73 Å². The van der Waals surface area contributed by atoms with E-state index in [-0.39, 0.29) is 6.04 Å². The Kier molecular flexibility index (Phi) is 4.55. The number of hydrogen-bond acceptors (Lipinski definition) is 3. The third-order valence-electron chi connectivity index (χ3n) is 3.26. The summed E-state index contributed by atoms with van der Waals surface area (Å²) >= 11 is 1.72. The fraction of sp³-hybridized carbons (Fsp3) is 0.500. The molecule has 2 unspecified atom stereocenters. The van der Waals surface area contributed by atoms with E-state index in [4.69, 9.17) is 5.73 Å². The molecule has 2 aromatic rings. The Morgan fingerprint density at radius 3 is 2.89 bits per heavy atom. The van der Waals surface area contributed by atoms with Crippen LogP contribution in [0, 0.1) is 0 Å². The molecule has 0 saturated heterocycles. The molecule has 0 spiro atoms. The number of nitrogens with zero attached hydrogens (tertiary/aromatic N) is 2. The van der Waals surface area contributed by atoms with E-state index in [0.29, 0.717) is 6.04 Å². The van der Waals surface area contributed by atoms with Crippen molar-refractivity contribution in [2.24, 2.45) is 5.73 Å². The van der Waals surface area contributed by atoms with Crippen molar-refractivity contribution in [2.75, 3.05) is 0 Å². The van der Waals surface area contributed by atoms with Crippen LogP contribution in [0.2, 0.25) is 0 Å². The number of aromatic nitrogens is 2. The van der Waals surface area contributed by atoms with Crippen LogP contribution in [-0.4, -0.2) is 15.8 Å². The SMILES string of the molecule is CCC(C)n1ccc(CC(N)Cc2ccsc2)n1. The first-order valence-corrected chi connectivity index (χ1v) is 7.44. The molecule has 2 aromatic heterocycles. The summed E-state index contributed by atoms with van der Waals surface area (Å²) in [6.45, 7) is 4.36. The maximum absolute atomic E-state index is 6.17. The first kappa shape index (κ1) is 13.3. The first-order chi connectivity index (χ1) is 8.69. The predicted molar refractivity (Wildman–Crippen MR) is 76.9 cm³/mol. The summed E-state index contributed by atoms with van der Waals surface area (Å²) < 4.78 is 2.03. The third-order valence-corrected chi connectivity index (χ3v) is 3.99. The molecular weight excluding hydrogens is 242 g/mol. The number of nitrogens with two attached hydrogens (primary N) is 1. The van der Waals surface area contributed by atoms with Crippen molar-refractivity contribution in [3.8, 4) is 0 Å². The van der Waals surface area contributed by atoms with Crippen molar-refractivity contribution in [1.29, 1.82) is 0 Å². The Bertz CT molecular complexity index is 461. The van der Waals surface area contributed by atoms with Crippen LogP contribution in [0.5, 0.6) is 0 Å². The van der Waals surface area contributed by atoms with E-state index in [1.54, 1.807) is 11.3 Å². The van der Waals surface area contributed by atoms with Gasteiger partial charge in [-0.25, -0.2) is 0 Å². The van der Waals surface area contributed by atoms with Gasteiger partial charge >= 0.3 is 0 Å². The van der Waals surface area contributed by atoms with Crippen molar-refractivity contribution in [3.63, 3.8) is 0 Å². The lowest BCUT2D eigenvalue weighted by molar-refractivity contribution is 0.471. The van der Waals surface area contributed by atoms with Crippen molar-refractivity contribution in [3.05, 3.63) is 40.3 Å². The zero-order chi connectivity index (χ0) is 13.0. The van der Waals surface area contributed by atoms with Crippen LogP contribution in [-0.2, 0) is 12.8 Å². The molecule has 2 atom stereocenters. The molecule has 98 valence electrons. The smallest absolute Gasteiger partial charge is 0.0640 e. The molecule has 2 N–H and O–H groups in total. The fourth-order valence-electron chi connectivity index (χ4n) is 1.97. The highest BCUT2D eigenvalue weighted by molar-refractivity contribution is 7.07. The van der Waals surface area contributed by atoms with E-state index in [1.807, 2.05) is 4.68 Å². The summed E-state index contributed by atoms with van der Waals surface area (Å²) in [7, 11) is 0. The van der Waals surface area contributed by atoms with Crippen LogP contribution in [0.1, 0.15) is 37.6 Å². The zero-order valence-corrected chi connectivity index (χ0v) is 11.9. The van der Waals surface area contributed by atoms with Crippen LogP contribution in [0.4, 0.5) is 0 Å². The van der Waals surface area contributed by atoms with Gasteiger partial charge in [0.05, 0.1) is 5.69 Å². The number of thiophene rings is 1. The minimum absolute atomic E-state index is 0.153. The normalized spacial score (nSPS) is 14.6. The standard InChI is InChI=1S/C14H21N3S/c1-3-11(2)17-6-4-14(16-17)9-13(15)8-12-5-7-18-10-12/h4-7,10-11,13H,3,8-9,15H2,1-2H3. The van der Waals surface area contributed by atoms with Gasteiger partial charge in [0.25, 0.3) is 0 Å². The van der Waals surface area contributed by atoms with E-state index in [1.165, 1.54) is 5.56 Å². The predicted octanol–water partition coefficient (Wildman–Crippen LogP) is 3.03. The molecule has 3 nitrogen and oxygen atoms in total. The Morgan fingerprint density at radius 1 is 1.39 bits per heavy atom. The molecule has 2 heterocycles. The fourth-order valence-corrected chi connectivity index (χ4v) is 2.65. The lowest BCUT2D eigenvalue weighted by Gasteiger charge is -2.10. The zero-order valence-electron chi connectivity index (χ0n) is 11.0. The monoisotopic (exact) mass is 263 g/mol. The Labute approximate surface area is 113 Å². The van der Waals surface area contributed by atoms with Crippen molar-refractivity contribution in [2.45, 2.75) is 45.2 Å². The summed E-state index contributed by atoms with van der Waals surface area (Å²) in [5.74, 6) is 0. The van der Waals surface area contributed by atoms with Crippen molar-refractivity contribution >= 4 is 11.3 Å². The third kappa shape index (κ3) is 3.43. The maximum Gasteiger partial charge on any atom is 0.0640 e. The van der Waals surface area contributed by atoms with Crippen molar-refractivity contribution < 1.29 is 0 Å². The molecule has 0 amide bonds. The molecular formula is C14H21N3S. The van der Waals surface area contributed by atoms with Crippen LogP contribution >= 0.6 is 11.3 Å². The highest BCUT2D eigenvalue weighted by Crippen LogP contribution is 2.12. The van der Waals surface area contributed by atoms with Crippen LogP contribution in [0.15, 0.2) is 29.1 Å². The van der Waals surface area contributed by atoms with E-state index in [2.05, 4.69) is 48.0 Å². The average molecular weight is 263 g/mol. The summed E-state index contributed by atoms with van der Waals surface area (Å²) in [5, 5.41) is 8.85. The second kappa shape index (κ2) is 6.16. The molecule has 0 aliphatic rings. The van der Waals surface area contributed by atoms with E-state index in [0.717, 1.165) is 25.0 Å². The maximum atomic E-state index is 6.17. The molecule has 0 saturated carbocycles. The second-order valence-electron chi connectivity index (χ2n) is 4.84. The molecule has 0 fully saturated rings. The summed E-state index contributed by atoms with van der Waals surface area (Å²) in [6, 6.07) is 4.84. The van der Waals surface area contributed by atoms with E-state index in [9.17, 15) is 0 Å². The molecule has 0 aliphatic heterocycles. The van der Waals surface area contributed by atoms with Gasteiger partial charge in [-0.2, -0.15) is 16.4 Å². The number of hydrogen-bond donors (Lipinski definition) is 1. The quantitative estimate of drug-likeness (QED) is 0.870. The lowest BCUT2D eigenvalue weighted by atomic mass is 10.1. The number of rotatable bonds is 6. The summed E-state index contributed by atoms with van der Waals surface area (Å²) in [5.41, 5.74) is 8.59. The largest absolute Gasteiger partial charge is 0.327 e. The van der Waals surface area contributed by atoms with Gasteiger partial charge in [0.1, 0.15) is 0 Å². The van der Waals surface area contributed by atoms with Gasteiger partial charge < -0.3 is 5.73 Å². The van der Waals surface area contributed by atoms with E-state index < -0.39 is 0 Å². The lowest BCUT2D eigenvalue weighted by Crippen LogP contribution is -2.25. The summed E-state index contributed by atoms with van der Waals surface area (Å²) in [6.07, 6.45) is 4.93. The van der Waals surface area contributed by atoms with Gasteiger partial charge in [-0.1, -0.05) is 6.92 Å². The van der Waals surface area contributed by atoms with E-state index >= 15 is 0 Å². The molecule has 4 heteroatoms. The van der Waals surface area contributed by atoms with Gasteiger partial charge in [-0.05, 0) is 48.2 Å². The molecule has 2 rings (SSSR count). The highest BCUT2D eigenvalue weighted by atomic mass is 32.1. The minimum Gasteiger partial charge on any atom is -0.327 e.